The van der Waals surface area contributed by atoms with Gasteiger partial charge in [-0.25, -0.2) is 4.39 Å². The van der Waals surface area contributed by atoms with Crippen LogP contribution < -0.4 is 11.1 Å². The van der Waals surface area contributed by atoms with E-state index in [1.807, 2.05) is 18.2 Å². The largest absolute Gasteiger partial charge is 0.398 e. The Kier molecular flexibility index (Phi) is 3.28. The van der Waals surface area contributed by atoms with Crippen LogP contribution in [0.2, 0.25) is 0 Å². The Morgan fingerprint density at radius 3 is 2.52 bits per heavy atom. The molecule has 3 aromatic carbocycles. The second-order valence-electron chi connectivity index (χ2n) is 4.72. The summed E-state index contributed by atoms with van der Waals surface area (Å²) in [4.78, 5) is 12.3. The van der Waals surface area contributed by atoms with Gasteiger partial charge < -0.3 is 11.1 Å². The Balaban J connectivity index is 2.02. The standard InChI is InChI=1S/C17H13FN2O/c18-12-9-11-5-1-2-6-13(11)16(10-12)20-17(21)14-7-3-4-8-15(14)19/h1-10H,19H2,(H,20,21). The maximum Gasteiger partial charge on any atom is 0.257 e. The molecule has 0 aliphatic rings. The number of amides is 1. The minimum Gasteiger partial charge on any atom is -0.398 e. The van der Waals surface area contributed by atoms with Gasteiger partial charge in [0.1, 0.15) is 5.82 Å². The van der Waals surface area contributed by atoms with Crippen molar-refractivity contribution in [1.82, 2.24) is 0 Å². The number of halogens is 1. The highest BCUT2D eigenvalue weighted by Gasteiger charge is 2.11. The van der Waals surface area contributed by atoms with Gasteiger partial charge in [0.25, 0.3) is 5.91 Å². The molecule has 0 aromatic heterocycles. The van der Waals surface area contributed by atoms with Gasteiger partial charge in [0.2, 0.25) is 0 Å². The zero-order chi connectivity index (χ0) is 14.8. The molecule has 21 heavy (non-hydrogen) atoms. The van der Waals surface area contributed by atoms with E-state index in [9.17, 15) is 9.18 Å². The van der Waals surface area contributed by atoms with E-state index in [0.29, 0.717) is 16.9 Å². The first-order chi connectivity index (χ1) is 10.1. The van der Waals surface area contributed by atoms with Gasteiger partial charge in [0.15, 0.2) is 0 Å². The third-order valence-corrected chi connectivity index (χ3v) is 3.28. The zero-order valence-electron chi connectivity index (χ0n) is 11.1. The third-order valence-electron chi connectivity index (χ3n) is 3.28. The minimum atomic E-state index is -0.398. The van der Waals surface area contributed by atoms with Crippen molar-refractivity contribution in [3.8, 4) is 0 Å². The van der Waals surface area contributed by atoms with Crippen LogP contribution >= 0.6 is 0 Å². The van der Waals surface area contributed by atoms with Crippen LogP contribution in [0, 0.1) is 5.82 Å². The second kappa shape index (κ2) is 5.25. The van der Waals surface area contributed by atoms with Crippen molar-refractivity contribution in [2.45, 2.75) is 0 Å². The highest BCUT2D eigenvalue weighted by atomic mass is 19.1. The lowest BCUT2D eigenvalue weighted by Crippen LogP contribution is -2.14. The van der Waals surface area contributed by atoms with E-state index in [4.69, 9.17) is 5.73 Å². The van der Waals surface area contributed by atoms with Gasteiger partial charge in [-0.2, -0.15) is 0 Å². The fraction of sp³-hybridized carbons (Fsp3) is 0. The van der Waals surface area contributed by atoms with Crippen LogP contribution in [0.1, 0.15) is 10.4 Å². The number of hydrogen-bond acceptors (Lipinski definition) is 2. The molecule has 0 heterocycles. The molecule has 0 aliphatic heterocycles. The molecule has 0 saturated heterocycles. The number of fused-ring (bicyclic) bond motifs is 1. The van der Waals surface area contributed by atoms with Crippen LogP contribution in [0.25, 0.3) is 10.8 Å². The number of nitrogens with one attached hydrogen (secondary N) is 1. The van der Waals surface area contributed by atoms with Gasteiger partial charge in [0.05, 0.1) is 11.3 Å². The molecule has 0 aliphatic carbocycles. The number of para-hydroxylation sites is 1. The molecule has 0 spiro atoms. The Bertz CT molecular complexity index is 830. The summed E-state index contributed by atoms with van der Waals surface area (Å²) in [5.74, 6) is -0.756. The van der Waals surface area contributed by atoms with E-state index in [1.165, 1.54) is 12.1 Å². The number of carbonyl (C=O) groups is 1. The van der Waals surface area contributed by atoms with Gasteiger partial charge in [-0.1, -0.05) is 36.4 Å². The van der Waals surface area contributed by atoms with Crippen LogP contribution in [-0.4, -0.2) is 5.91 Å². The summed E-state index contributed by atoms with van der Waals surface area (Å²) in [6.45, 7) is 0. The predicted molar refractivity (Wildman–Crippen MR) is 82.7 cm³/mol. The van der Waals surface area contributed by atoms with Crippen molar-refractivity contribution in [3.63, 3.8) is 0 Å². The van der Waals surface area contributed by atoms with Crippen molar-refractivity contribution in [1.29, 1.82) is 0 Å². The number of anilines is 2. The molecule has 0 fully saturated rings. The van der Waals surface area contributed by atoms with Crippen LogP contribution in [0.15, 0.2) is 60.7 Å². The topological polar surface area (TPSA) is 55.1 Å². The van der Waals surface area contributed by atoms with Gasteiger partial charge >= 0.3 is 0 Å². The van der Waals surface area contributed by atoms with Gasteiger partial charge in [-0.3, -0.25) is 4.79 Å². The molecule has 104 valence electrons. The van der Waals surface area contributed by atoms with Gasteiger partial charge in [-0.15, -0.1) is 0 Å². The van der Waals surface area contributed by atoms with Crippen molar-refractivity contribution in [3.05, 3.63) is 72.0 Å². The lowest BCUT2D eigenvalue weighted by molar-refractivity contribution is 0.102. The van der Waals surface area contributed by atoms with Crippen LogP contribution in [-0.2, 0) is 0 Å². The van der Waals surface area contributed by atoms with E-state index in [2.05, 4.69) is 5.32 Å². The quantitative estimate of drug-likeness (QED) is 0.701. The molecule has 0 radical (unpaired) electrons. The molecule has 3 rings (SSSR count). The molecule has 0 atom stereocenters. The molecule has 0 saturated carbocycles. The maximum absolute atomic E-state index is 13.7. The van der Waals surface area contributed by atoms with Crippen molar-refractivity contribution in [2.24, 2.45) is 0 Å². The first kappa shape index (κ1) is 13.1. The number of rotatable bonds is 2. The van der Waals surface area contributed by atoms with Crippen molar-refractivity contribution in [2.75, 3.05) is 11.1 Å². The van der Waals surface area contributed by atoms with E-state index < -0.39 is 5.82 Å². The Morgan fingerprint density at radius 1 is 1.00 bits per heavy atom. The average molecular weight is 280 g/mol. The highest BCUT2D eigenvalue weighted by Crippen LogP contribution is 2.26. The van der Waals surface area contributed by atoms with Crippen LogP contribution in [0.5, 0.6) is 0 Å². The summed E-state index contributed by atoms with van der Waals surface area (Å²) < 4.78 is 13.7. The lowest BCUT2D eigenvalue weighted by Gasteiger charge is -2.10. The summed E-state index contributed by atoms with van der Waals surface area (Å²) in [6.07, 6.45) is 0. The van der Waals surface area contributed by atoms with E-state index in [1.54, 1.807) is 30.3 Å². The number of carbonyl (C=O) groups excluding carboxylic acids is 1. The average Bonchev–Trinajstić information content (AvgIpc) is 2.47. The Hall–Kier alpha value is -2.88. The van der Waals surface area contributed by atoms with Crippen molar-refractivity contribution < 1.29 is 9.18 Å². The van der Waals surface area contributed by atoms with Crippen LogP contribution in [0.4, 0.5) is 15.8 Å². The number of hydrogen-bond donors (Lipinski definition) is 2. The fourth-order valence-corrected chi connectivity index (χ4v) is 2.27. The molecule has 4 heteroatoms. The molecular formula is C17H13FN2O. The molecule has 1 amide bonds. The normalized spacial score (nSPS) is 10.5. The van der Waals surface area contributed by atoms with Crippen LogP contribution in [0.3, 0.4) is 0 Å². The van der Waals surface area contributed by atoms with E-state index in [-0.39, 0.29) is 5.91 Å². The summed E-state index contributed by atoms with van der Waals surface area (Å²) in [5.41, 5.74) is 6.96. The zero-order valence-corrected chi connectivity index (χ0v) is 11.1. The maximum atomic E-state index is 13.7. The molecule has 0 unspecified atom stereocenters. The first-order valence-electron chi connectivity index (χ1n) is 6.49. The molecular weight excluding hydrogens is 267 g/mol. The smallest absolute Gasteiger partial charge is 0.257 e. The molecule has 3 nitrogen and oxygen atoms in total. The predicted octanol–water partition coefficient (Wildman–Crippen LogP) is 3.81. The van der Waals surface area contributed by atoms with E-state index >= 15 is 0 Å². The summed E-state index contributed by atoms with van der Waals surface area (Å²) in [7, 11) is 0. The molecule has 0 bridgehead atoms. The molecule has 3 N–H and O–H groups in total. The van der Waals surface area contributed by atoms with Gasteiger partial charge in [0, 0.05) is 11.1 Å². The monoisotopic (exact) mass is 280 g/mol. The Morgan fingerprint density at radius 2 is 1.71 bits per heavy atom. The van der Waals surface area contributed by atoms with Crippen molar-refractivity contribution >= 4 is 28.1 Å². The number of nitrogens with two attached hydrogens (primary N) is 1. The third kappa shape index (κ3) is 2.56. The summed E-state index contributed by atoms with van der Waals surface area (Å²) in [5, 5.41) is 4.23. The fourth-order valence-electron chi connectivity index (χ4n) is 2.27. The number of nitrogen functional groups attached to an aromatic ring is 1. The molecule has 3 aromatic rings. The highest BCUT2D eigenvalue weighted by molar-refractivity contribution is 6.11. The summed E-state index contributed by atoms with van der Waals surface area (Å²) >= 11 is 0. The summed E-state index contributed by atoms with van der Waals surface area (Å²) in [6, 6.07) is 16.8. The SMILES string of the molecule is Nc1ccccc1C(=O)Nc1cc(F)cc2ccccc12. The lowest BCUT2D eigenvalue weighted by atomic mass is 10.1. The minimum absolute atomic E-state index is 0.358. The Labute approximate surface area is 121 Å². The van der Waals surface area contributed by atoms with E-state index in [0.717, 1.165) is 10.8 Å². The first-order valence-corrected chi connectivity index (χ1v) is 6.49. The number of benzene rings is 3. The van der Waals surface area contributed by atoms with Gasteiger partial charge in [-0.05, 0) is 29.7 Å². The second-order valence-corrected chi connectivity index (χ2v) is 4.72.